The molecular formula is C22H36N6O. The van der Waals surface area contributed by atoms with Crippen LogP contribution in [0.15, 0.2) is 35.3 Å². The number of carbonyl (C=O) groups excluding carboxylic acids is 1. The number of amides is 1. The topological polar surface area (TPSA) is 63.2 Å². The van der Waals surface area contributed by atoms with Crippen LogP contribution in [-0.2, 0) is 4.79 Å². The van der Waals surface area contributed by atoms with E-state index in [0.29, 0.717) is 12.6 Å². The number of likely N-dealkylation sites (tertiary alicyclic amines) is 1. The molecule has 2 aliphatic heterocycles. The van der Waals surface area contributed by atoms with Gasteiger partial charge in [-0.25, -0.2) is 0 Å². The quantitative estimate of drug-likeness (QED) is 0.558. The third-order valence-corrected chi connectivity index (χ3v) is 5.85. The Morgan fingerprint density at radius 2 is 1.76 bits per heavy atom. The van der Waals surface area contributed by atoms with Gasteiger partial charge in [0, 0.05) is 58.0 Å². The number of para-hydroxylation sites is 1. The monoisotopic (exact) mass is 400 g/mol. The second kappa shape index (κ2) is 11.0. The van der Waals surface area contributed by atoms with E-state index in [0.717, 1.165) is 58.1 Å². The van der Waals surface area contributed by atoms with E-state index in [-0.39, 0.29) is 5.91 Å². The number of rotatable bonds is 6. The highest BCUT2D eigenvalue weighted by molar-refractivity contribution is 5.86. The van der Waals surface area contributed by atoms with E-state index in [2.05, 4.69) is 56.6 Å². The average molecular weight is 401 g/mol. The van der Waals surface area contributed by atoms with Gasteiger partial charge in [0.25, 0.3) is 0 Å². The van der Waals surface area contributed by atoms with Gasteiger partial charge in [0.15, 0.2) is 5.96 Å². The highest BCUT2D eigenvalue weighted by atomic mass is 16.2. The minimum atomic E-state index is 0.137. The lowest BCUT2D eigenvalue weighted by Crippen LogP contribution is -2.53. The van der Waals surface area contributed by atoms with Crippen molar-refractivity contribution in [2.45, 2.75) is 32.2 Å². The molecule has 0 saturated carbocycles. The molecule has 1 aromatic rings. The largest absolute Gasteiger partial charge is 0.368 e. The van der Waals surface area contributed by atoms with Crippen LogP contribution in [0, 0.1) is 0 Å². The van der Waals surface area contributed by atoms with E-state index in [9.17, 15) is 4.79 Å². The molecule has 3 rings (SSSR count). The molecule has 160 valence electrons. The van der Waals surface area contributed by atoms with E-state index >= 15 is 0 Å². The van der Waals surface area contributed by atoms with Crippen molar-refractivity contribution in [3.05, 3.63) is 30.3 Å². The molecule has 1 aromatic carbocycles. The molecule has 2 saturated heterocycles. The zero-order valence-electron chi connectivity index (χ0n) is 17.9. The summed E-state index contributed by atoms with van der Waals surface area (Å²) < 4.78 is 0. The Kier molecular flexibility index (Phi) is 8.16. The van der Waals surface area contributed by atoms with E-state index in [1.54, 1.807) is 7.05 Å². The molecule has 7 nitrogen and oxygen atoms in total. The summed E-state index contributed by atoms with van der Waals surface area (Å²) in [6, 6.07) is 10.8. The molecule has 0 radical (unpaired) electrons. The number of piperidine rings is 1. The van der Waals surface area contributed by atoms with Crippen LogP contribution in [-0.4, -0.2) is 87.1 Å². The van der Waals surface area contributed by atoms with E-state index in [1.165, 1.54) is 18.7 Å². The molecule has 29 heavy (non-hydrogen) atoms. The summed E-state index contributed by atoms with van der Waals surface area (Å²) in [6.45, 7) is 9.24. The molecule has 0 atom stereocenters. The van der Waals surface area contributed by atoms with Crippen molar-refractivity contribution in [3.63, 3.8) is 0 Å². The third kappa shape index (κ3) is 6.35. The van der Waals surface area contributed by atoms with Crippen molar-refractivity contribution < 1.29 is 4.79 Å². The summed E-state index contributed by atoms with van der Waals surface area (Å²) in [4.78, 5) is 23.7. The molecule has 2 heterocycles. The van der Waals surface area contributed by atoms with Crippen molar-refractivity contribution in [2.24, 2.45) is 4.99 Å². The number of anilines is 1. The fraction of sp³-hybridized carbons (Fsp3) is 0.636. The van der Waals surface area contributed by atoms with Crippen molar-refractivity contribution in [3.8, 4) is 0 Å². The Balaban J connectivity index is 1.37. The van der Waals surface area contributed by atoms with Gasteiger partial charge >= 0.3 is 0 Å². The van der Waals surface area contributed by atoms with Gasteiger partial charge in [-0.1, -0.05) is 25.1 Å². The lowest BCUT2D eigenvalue weighted by Gasteiger charge is -2.36. The standard InChI is InChI=1S/C22H36N6O/c1-3-11-26-12-9-19(10-13-26)25-22(23-2)24-18-21(29)28-16-14-27(15-17-28)20-7-5-4-6-8-20/h4-8,19H,3,9-18H2,1-2H3,(H2,23,24,25). The van der Waals surface area contributed by atoms with Crippen LogP contribution in [0.4, 0.5) is 5.69 Å². The maximum atomic E-state index is 12.6. The highest BCUT2D eigenvalue weighted by Gasteiger charge is 2.22. The predicted molar refractivity (Wildman–Crippen MR) is 119 cm³/mol. The van der Waals surface area contributed by atoms with Crippen LogP contribution in [0.3, 0.4) is 0 Å². The Morgan fingerprint density at radius 3 is 2.38 bits per heavy atom. The molecule has 0 unspecified atom stereocenters. The van der Waals surface area contributed by atoms with Gasteiger partial charge in [0.1, 0.15) is 0 Å². The molecular weight excluding hydrogens is 364 g/mol. The number of hydrogen-bond donors (Lipinski definition) is 2. The van der Waals surface area contributed by atoms with Crippen molar-refractivity contribution in [2.75, 3.05) is 64.3 Å². The number of nitrogens with zero attached hydrogens (tertiary/aromatic N) is 4. The number of carbonyl (C=O) groups is 1. The zero-order valence-corrected chi connectivity index (χ0v) is 17.9. The summed E-state index contributed by atoms with van der Waals surface area (Å²) in [5.74, 6) is 0.869. The summed E-state index contributed by atoms with van der Waals surface area (Å²) in [5.41, 5.74) is 1.23. The normalized spacial score (nSPS) is 19.3. The summed E-state index contributed by atoms with van der Waals surface area (Å²) in [6.07, 6.45) is 3.45. The molecule has 2 aliphatic rings. The van der Waals surface area contributed by atoms with Gasteiger partial charge in [-0.3, -0.25) is 9.79 Å². The number of benzene rings is 1. The Morgan fingerprint density at radius 1 is 1.07 bits per heavy atom. The zero-order chi connectivity index (χ0) is 20.5. The number of guanidine groups is 1. The van der Waals surface area contributed by atoms with Gasteiger partial charge in [0.2, 0.25) is 5.91 Å². The second-order valence-electron chi connectivity index (χ2n) is 7.89. The smallest absolute Gasteiger partial charge is 0.242 e. The fourth-order valence-electron chi connectivity index (χ4n) is 4.13. The number of piperazine rings is 1. The maximum Gasteiger partial charge on any atom is 0.242 e. The first-order chi connectivity index (χ1) is 14.2. The molecule has 0 aromatic heterocycles. The minimum Gasteiger partial charge on any atom is -0.368 e. The third-order valence-electron chi connectivity index (χ3n) is 5.85. The Hall–Kier alpha value is -2.28. The SMILES string of the molecule is CCCN1CCC(NC(=NC)NCC(=O)N2CCN(c3ccccc3)CC2)CC1. The summed E-state index contributed by atoms with van der Waals surface area (Å²) in [5, 5.41) is 6.70. The molecule has 2 N–H and O–H groups in total. The first kappa shape index (κ1) is 21.4. The molecule has 1 amide bonds. The van der Waals surface area contributed by atoms with E-state index in [1.807, 2.05) is 11.0 Å². The van der Waals surface area contributed by atoms with Crippen LogP contribution in [0.25, 0.3) is 0 Å². The number of aliphatic imine (C=N–C) groups is 1. The van der Waals surface area contributed by atoms with Crippen molar-refractivity contribution in [1.29, 1.82) is 0 Å². The number of nitrogens with one attached hydrogen (secondary N) is 2. The minimum absolute atomic E-state index is 0.137. The molecule has 0 aliphatic carbocycles. The maximum absolute atomic E-state index is 12.6. The average Bonchev–Trinajstić information content (AvgIpc) is 2.78. The lowest BCUT2D eigenvalue weighted by atomic mass is 10.1. The van der Waals surface area contributed by atoms with Crippen LogP contribution in [0.2, 0.25) is 0 Å². The van der Waals surface area contributed by atoms with Gasteiger partial charge in [-0.15, -0.1) is 0 Å². The second-order valence-corrected chi connectivity index (χ2v) is 7.89. The lowest BCUT2D eigenvalue weighted by molar-refractivity contribution is -0.130. The summed E-state index contributed by atoms with van der Waals surface area (Å²) in [7, 11) is 1.77. The molecule has 0 spiro atoms. The van der Waals surface area contributed by atoms with Crippen LogP contribution >= 0.6 is 0 Å². The van der Waals surface area contributed by atoms with Gasteiger partial charge in [0.05, 0.1) is 6.54 Å². The van der Waals surface area contributed by atoms with Crippen LogP contribution in [0.5, 0.6) is 0 Å². The number of hydrogen-bond acceptors (Lipinski definition) is 4. The first-order valence-corrected chi connectivity index (χ1v) is 11.0. The van der Waals surface area contributed by atoms with Crippen molar-refractivity contribution in [1.82, 2.24) is 20.4 Å². The van der Waals surface area contributed by atoms with Gasteiger partial charge in [-0.05, 0) is 37.9 Å². The highest BCUT2D eigenvalue weighted by Crippen LogP contribution is 2.15. The van der Waals surface area contributed by atoms with Gasteiger partial charge < -0.3 is 25.3 Å². The van der Waals surface area contributed by atoms with Crippen LogP contribution in [0.1, 0.15) is 26.2 Å². The Labute approximate surface area is 175 Å². The van der Waals surface area contributed by atoms with Crippen LogP contribution < -0.4 is 15.5 Å². The first-order valence-electron chi connectivity index (χ1n) is 11.0. The van der Waals surface area contributed by atoms with Crippen molar-refractivity contribution >= 4 is 17.6 Å². The Bertz CT molecular complexity index is 649. The summed E-state index contributed by atoms with van der Waals surface area (Å²) >= 11 is 0. The molecule has 2 fully saturated rings. The van der Waals surface area contributed by atoms with Gasteiger partial charge in [-0.2, -0.15) is 0 Å². The predicted octanol–water partition coefficient (Wildman–Crippen LogP) is 1.37. The molecule has 0 bridgehead atoms. The van der Waals surface area contributed by atoms with E-state index in [4.69, 9.17) is 0 Å². The fourth-order valence-corrected chi connectivity index (χ4v) is 4.13. The van der Waals surface area contributed by atoms with E-state index < -0.39 is 0 Å². The molecule has 7 heteroatoms.